The standard InChI is InChI=1S/C23H28N6O2/c1-16-7-5-6-8-20(16)31-14-23(30)28-11-9-27(10-12-28)21-13-22(26-19(4)25-21)29-15-24-17(2)18(29)3/h5-8,13,15H,9-12,14H2,1-4H3. The highest BCUT2D eigenvalue weighted by Gasteiger charge is 2.23. The second kappa shape index (κ2) is 8.75. The molecule has 0 atom stereocenters. The number of aromatic nitrogens is 4. The van der Waals surface area contributed by atoms with Gasteiger partial charge in [-0.05, 0) is 39.3 Å². The average molecular weight is 421 g/mol. The van der Waals surface area contributed by atoms with Gasteiger partial charge in [0.1, 0.15) is 29.5 Å². The molecular formula is C23H28N6O2. The summed E-state index contributed by atoms with van der Waals surface area (Å²) in [6.07, 6.45) is 1.79. The number of carbonyl (C=O) groups is 1. The predicted octanol–water partition coefficient (Wildman–Crippen LogP) is 2.62. The van der Waals surface area contributed by atoms with Gasteiger partial charge in [-0.15, -0.1) is 0 Å². The lowest BCUT2D eigenvalue weighted by molar-refractivity contribution is -0.133. The molecule has 4 rings (SSSR count). The van der Waals surface area contributed by atoms with Gasteiger partial charge in [-0.25, -0.2) is 15.0 Å². The molecule has 0 unspecified atom stereocenters. The third-order valence-corrected chi connectivity index (χ3v) is 5.71. The summed E-state index contributed by atoms with van der Waals surface area (Å²) in [5.41, 5.74) is 3.07. The van der Waals surface area contributed by atoms with Gasteiger partial charge in [0.15, 0.2) is 6.61 Å². The molecule has 1 saturated heterocycles. The van der Waals surface area contributed by atoms with Crippen molar-refractivity contribution in [3.8, 4) is 11.6 Å². The number of aryl methyl sites for hydroxylation is 3. The van der Waals surface area contributed by atoms with Gasteiger partial charge in [0, 0.05) is 37.9 Å². The van der Waals surface area contributed by atoms with Crippen LogP contribution in [0, 0.1) is 27.7 Å². The minimum Gasteiger partial charge on any atom is -0.484 e. The zero-order valence-corrected chi connectivity index (χ0v) is 18.5. The number of imidazole rings is 1. The first-order valence-corrected chi connectivity index (χ1v) is 10.5. The van der Waals surface area contributed by atoms with E-state index in [1.54, 1.807) is 6.33 Å². The van der Waals surface area contributed by atoms with E-state index in [0.29, 0.717) is 32.0 Å². The lowest BCUT2D eigenvalue weighted by atomic mass is 10.2. The van der Waals surface area contributed by atoms with Crippen LogP contribution in [0.1, 0.15) is 22.8 Å². The highest BCUT2D eigenvalue weighted by Crippen LogP contribution is 2.20. The second-order valence-electron chi connectivity index (χ2n) is 7.84. The molecule has 8 heteroatoms. The summed E-state index contributed by atoms with van der Waals surface area (Å²) in [5, 5.41) is 0. The van der Waals surface area contributed by atoms with Crippen LogP contribution in [0.3, 0.4) is 0 Å². The van der Waals surface area contributed by atoms with Gasteiger partial charge in [-0.2, -0.15) is 0 Å². The number of nitrogens with zero attached hydrogens (tertiary/aromatic N) is 6. The summed E-state index contributed by atoms with van der Waals surface area (Å²) in [6, 6.07) is 9.72. The maximum absolute atomic E-state index is 12.6. The van der Waals surface area contributed by atoms with Crippen LogP contribution in [0.4, 0.5) is 5.82 Å². The first kappa shape index (κ1) is 20.8. The SMILES string of the molecule is Cc1nc(N2CCN(C(=O)COc3ccccc3C)CC2)cc(-n2cnc(C)c2C)n1. The fraction of sp³-hybridized carbons (Fsp3) is 0.391. The first-order valence-electron chi connectivity index (χ1n) is 10.5. The largest absolute Gasteiger partial charge is 0.484 e. The Morgan fingerprint density at radius 3 is 2.39 bits per heavy atom. The van der Waals surface area contributed by atoms with Crippen molar-refractivity contribution in [3.05, 3.63) is 59.4 Å². The van der Waals surface area contributed by atoms with Crippen molar-refractivity contribution < 1.29 is 9.53 Å². The third-order valence-electron chi connectivity index (χ3n) is 5.71. The summed E-state index contributed by atoms with van der Waals surface area (Å²) < 4.78 is 7.71. The van der Waals surface area contributed by atoms with Crippen LogP contribution in [0.25, 0.3) is 5.82 Å². The Morgan fingerprint density at radius 1 is 1.00 bits per heavy atom. The van der Waals surface area contributed by atoms with Crippen LogP contribution in [0.15, 0.2) is 36.7 Å². The smallest absolute Gasteiger partial charge is 0.260 e. The number of anilines is 1. The molecule has 0 radical (unpaired) electrons. The van der Waals surface area contributed by atoms with E-state index in [1.807, 2.05) is 67.5 Å². The molecule has 0 bridgehead atoms. The molecule has 0 saturated carbocycles. The molecule has 1 aliphatic heterocycles. The maximum Gasteiger partial charge on any atom is 0.260 e. The number of carbonyl (C=O) groups excluding carboxylic acids is 1. The van der Waals surface area contributed by atoms with Gasteiger partial charge in [-0.1, -0.05) is 18.2 Å². The molecule has 8 nitrogen and oxygen atoms in total. The van der Waals surface area contributed by atoms with Crippen LogP contribution in [0.5, 0.6) is 5.75 Å². The summed E-state index contributed by atoms with van der Waals surface area (Å²) in [4.78, 5) is 30.2. The Balaban J connectivity index is 1.39. The van der Waals surface area contributed by atoms with Gasteiger partial charge in [0.25, 0.3) is 5.91 Å². The molecule has 1 aliphatic rings. The number of amides is 1. The first-order chi connectivity index (χ1) is 14.9. The van der Waals surface area contributed by atoms with E-state index < -0.39 is 0 Å². The highest BCUT2D eigenvalue weighted by molar-refractivity contribution is 5.78. The zero-order chi connectivity index (χ0) is 22.0. The van der Waals surface area contributed by atoms with Gasteiger partial charge in [0.05, 0.1) is 5.69 Å². The van der Waals surface area contributed by atoms with Crippen LogP contribution in [-0.4, -0.2) is 63.1 Å². The lowest BCUT2D eigenvalue weighted by Gasteiger charge is -2.35. The minimum absolute atomic E-state index is 0.00646. The summed E-state index contributed by atoms with van der Waals surface area (Å²) >= 11 is 0. The van der Waals surface area contributed by atoms with E-state index in [2.05, 4.69) is 19.9 Å². The van der Waals surface area contributed by atoms with Crippen molar-refractivity contribution in [2.24, 2.45) is 0 Å². The van der Waals surface area contributed by atoms with Crippen LogP contribution in [-0.2, 0) is 4.79 Å². The van der Waals surface area contributed by atoms with Crippen molar-refractivity contribution in [2.45, 2.75) is 27.7 Å². The molecule has 1 amide bonds. The maximum atomic E-state index is 12.6. The Hall–Kier alpha value is -3.42. The second-order valence-corrected chi connectivity index (χ2v) is 7.84. The van der Waals surface area contributed by atoms with Crippen LogP contribution >= 0.6 is 0 Å². The van der Waals surface area contributed by atoms with Crippen molar-refractivity contribution >= 4 is 11.7 Å². The lowest BCUT2D eigenvalue weighted by Crippen LogP contribution is -2.50. The van der Waals surface area contributed by atoms with Gasteiger partial charge in [0.2, 0.25) is 0 Å². The number of hydrogen-bond donors (Lipinski definition) is 0. The molecule has 2 aromatic heterocycles. The Morgan fingerprint density at radius 2 is 1.71 bits per heavy atom. The quantitative estimate of drug-likeness (QED) is 0.632. The molecule has 162 valence electrons. The van der Waals surface area contributed by atoms with E-state index in [1.165, 1.54) is 0 Å². The Labute approximate surface area is 182 Å². The molecule has 31 heavy (non-hydrogen) atoms. The van der Waals surface area contributed by atoms with E-state index in [-0.39, 0.29) is 12.5 Å². The third kappa shape index (κ3) is 4.52. The molecule has 3 heterocycles. The molecule has 0 spiro atoms. The van der Waals surface area contributed by atoms with E-state index in [9.17, 15) is 4.79 Å². The fourth-order valence-corrected chi connectivity index (χ4v) is 3.69. The number of benzene rings is 1. The molecule has 1 fully saturated rings. The van der Waals surface area contributed by atoms with E-state index in [0.717, 1.165) is 34.3 Å². The van der Waals surface area contributed by atoms with Crippen LogP contribution < -0.4 is 9.64 Å². The highest BCUT2D eigenvalue weighted by atomic mass is 16.5. The molecule has 0 N–H and O–H groups in total. The van der Waals surface area contributed by atoms with Crippen LogP contribution in [0.2, 0.25) is 0 Å². The Kier molecular flexibility index (Phi) is 5.88. The van der Waals surface area contributed by atoms with Gasteiger partial charge in [-0.3, -0.25) is 9.36 Å². The number of ether oxygens (including phenoxy) is 1. The molecule has 1 aromatic carbocycles. The number of para-hydroxylation sites is 1. The monoisotopic (exact) mass is 420 g/mol. The molecule has 0 aliphatic carbocycles. The predicted molar refractivity (Wildman–Crippen MR) is 119 cm³/mol. The number of hydrogen-bond acceptors (Lipinski definition) is 6. The van der Waals surface area contributed by atoms with Gasteiger partial charge >= 0.3 is 0 Å². The normalized spacial score (nSPS) is 14.1. The van der Waals surface area contributed by atoms with E-state index in [4.69, 9.17) is 4.74 Å². The zero-order valence-electron chi connectivity index (χ0n) is 18.5. The van der Waals surface area contributed by atoms with Crippen molar-refractivity contribution in [1.82, 2.24) is 24.4 Å². The number of piperazine rings is 1. The van der Waals surface area contributed by atoms with Crippen molar-refractivity contribution in [1.29, 1.82) is 0 Å². The topological polar surface area (TPSA) is 76.4 Å². The summed E-state index contributed by atoms with van der Waals surface area (Å²) in [6.45, 7) is 10.7. The molecule has 3 aromatic rings. The summed E-state index contributed by atoms with van der Waals surface area (Å²) in [7, 11) is 0. The average Bonchev–Trinajstić information content (AvgIpc) is 3.11. The Bertz CT molecular complexity index is 1090. The van der Waals surface area contributed by atoms with Crippen molar-refractivity contribution in [2.75, 3.05) is 37.7 Å². The molecular weight excluding hydrogens is 392 g/mol. The van der Waals surface area contributed by atoms with Crippen molar-refractivity contribution in [3.63, 3.8) is 0 Å². The summed E-state index contributed by atoms with van der Waals surface area (Å²) in [5.74, 6) is 3.15. The van der Waals surface area contributed by atoms with E-state index >= 15 is 0 Å². The fourth-order valence-electron chi connectivity index (χ4n) is 3.69. The number of rotatable bonds is 5. The minimum atomic E-state index is 0.00646. The van der Waals surface area contributed by atoms with Gasteiger partial charge < -0.3 is 14.5 Å².